The van der Waals surface area contributed by atoms with Gasteiger partial charge in [0.1, 0.15) is 0 Å². The smallest absolute Gasteiger partial charge is 0.311 e. The molecule has 0 N–H and O–H groups in total. The highest BCUT2D eigenvalue weighted by Crippen LogP contribution is 2.32. The number of carbonyl (C=O) groups is 1. The molecule has 1 aliphatic heterocycles. The third-order valence-corrected chi connectivity index (χ3v) is 3.02. The Kier molecular flexibility index (Phi) is 2.41. The molecule has 3 rings (SSSR count). The van der Waals surface area contributed by atoms with Gasteiger partial charge in [0.15, 0.2) is 6.10 Å². The highest BCUT2D eigenvalue weighted by Gasteiger charge is 2.26. The van der Waals surface area contributed by atoms with Gasteiger partial charge in [0.2, 0.25) is 0 Å². The molecule has 0 radical (unpaired) electrons. The van der Waals surface area contributed by atoms with Crippen LogP contribution in [0.2, 0.25) is 0 Å². The van der Waals surface area contributed by atoms with Gasteiger partial charge in [0, 0.05) is 5.56 Å². The maximum Gasteiger partial charge on any atom is 0.311 e. The largest absolute Gasteiger partial charge is 0.452 e. The fourth-order valence-electron chi connectivity index (χ4n) is 2.22. The van der Waals surface area contributed by atoms with Gasteiger partial charge in [-0.2, -0.15) is 0 Å². The lowest BCUT2D eigenvalue weighted by atomic mass is 9.93. The highest BCUT2D eigenvalue weighted by molar-refractivity contribution is 5.76. The van der Waals surface area contributed by atoms with Gasteiger partial charge in [-0.25, -0.2) is 0 Å². The minimum absolute atomic E-state index is 0.155. The van der Waals surface area contributed by atoms with E-state index in [1.165, 1.54) is 0 Å². The lowest BCUT2D eigenvalue weighted by molar-refractivity contribution is -0.148. The van der Waals surface area contributed by atoms with Gasteiger partial charge in [-0.3, -0.25) is 4.79 Å². The Hall–Kier alpha value is -2.09. The zero-order chi connectivity index (χ0) is 11.7. The van der Waals surface area contributed by atoms with E-state index < -0.39 is 0 Å². The van der Waals surface area contributed by atoms with Crippen molar-refractivity contribution in [3.05, 3.63) is 71.3 Å². The second kappa shape index (κ2) is 4.06. The van der Waals surface area contributed by atoms with E-state index in [-0.39, 0.29) is 12.1 Å². The molecule has 0 saturated carbocycles. The van der Waals surface area contributed by atoms with Crippen molar-refractivity contribution in [3.63, 3.8) is 0 Å². The summed E-state index contributed by atoms with van der Waals surface area (Å²) < 4.78 is 5.46. The molecule has 0 aliphatic carbocycles. The first-order valence-corrected chi connectivity index (χ1v) is 5.67. The summed E-state index contributed by atoms with van der Waals surface area (Å²) in [6, 6.07) is 17.8. The normalized spacial score (nSPS) is 18.4. The van der Waals surface area contributed by atoms with Crippen molar-refractivity contribution >= 4 is 5.97 Å². The number of esters is 1. The molecular weight excluding hydrogens is 212 g/mol. The molecule has 0 fully saturated rings. The van der Waals surface area contributed by atoms with E-state index in [2.05, 4.69) is 0 Å². The van der Waals surface area contributed by atoms with Gasteiger partial charge < -0.3 is 4.74 Å². The molecule has 0 amide bonds. The third kappa shape index (κ3) is 1.82. The molecule has 17 heavy (non-hydrogen) atoms. The molecule has 84 valence electrons. The Morgan fingerprint density at radius 3 is 2.47 bits per heavy atom. The van der Waals surface area contributed by atoms with E-state index in [1.807, 2.05) is 54.6 Å². The number of ether oxygens (including phenoxy) is 1. The van der Waals surface area contributed by atoms with Crippen molar-refractivity contribution < 1.29 is 9.53 Å². The number of fused-ring (bicyclic) bond motifs is 1. The number of rotatable bonds is 1. The van der Waals surface area contributed by atoms with Crippen molar-refractivity contribution in [3.8, 4) is 0 Å². The van der Waals surface area contributed by atoms with Crippen LogP contribution < -0.4 is 0 Å². The SMILES string of the molecule is O=C1Cc2ccccc2[C@@H](c2ccccc2)O1. The van der Waals surface area contributed by atoms with Gasteiger partial charge >= 0.3 is 5.97 Å². The van der Waals surface area contributed by atoms with E-state index in [9.17, 15) is 4.79 Å². The van der Waals surface area contributed by atoms with Gasteiger partial charge in [-0.1, -0.05) is 54.6 Å². The molecule has 0 spiro atoms. The first kappa shape index (κ1) is 10.1. The standard InChI is InChI=1S/C15H12O2/c16-14-10-12-8-4-5-9-13(12)15(17-14)11-6-2-1-3-7-11/h1-9,15H,10H2/t15-/m1/s1. The molecule has 2 aromatic rings. The lowest BCUT2D eigenvalue weighted by Crippen LogP contribution is -2.22. The zero-order valence-electron chi connectivity index (χ0n) is 9.30. The Balaban J connectivity index is 2.10. The van der Waals surface area contributed by atoms with Gasteiger partial charge in [-0.05, 0) is 11.1 Å². The average Bonchev–Trinajstić information content (AvgIpc) is 2.39. The van der Waals surface area contributed by atoms with Crippen LogP contribution in [0.4, 0.5) is 0 Å². The van der Waals surface area contributed by atoms with Crippen molar-refractivity contribution in [1.82, 2.24) is 0 Å². The summed E-state index contributed by atoms with van der Waals surface area (Å²) in [6.07, 6.45) is 0.119. The second-order valence-corrected chi connectivity index (χ2v) is 4.16. The van der Waals surface area contributed by atoms with Crippen LogP contribution >= 0.6 is 0 Å². The number of hydrogen-bond acceptors (Lipinski definition) is 2. The quantitative estimate of drug-likeness (QED) is 0.696. The Morgan fingerprint density at radius 1 is 0.941 bits per heavy atom. The average molecular weight is 224 g/mol. The fourth-order valence-corrected chi connectivity index (χ4v) is 2.22. The predicted octanol–water partition coefficient (Wildman–Crippen LogP) is 2.88. The van der Waals surface area contributed by atoms with Crippen LogP contribution in [0.5, 0.6) is 0 Å². The maximum absolute atomic E-state index is 11.6. The van der Waals surface area contributed by atoms with E-state index in [1.54, 1.807) is 0 Å². The number of hydrogen-bond donors (Lipinski definition) is 0. The summed E-state index contributed by atoms with van der Waals surface area (Å²) in [7, 11) is 0. The molecule has 2 aromatic carbocycles. The van der Waals surface area contributed by atoms with Crippen molar-refractivity contribution in [1.29, 1.82) is 0 Å². The summed E-state index contributed by atoms with van der Waals surface area (Å²) >= 11 is 0. The molecule has 2 heteroatoms. The fraction of sp³-hybridized carbons (Fsp3) is 0.133. The Bertz CT molecular complexity index is 546. The topological polar surface area (TPSA) is 26.3 Å². The number of benzene rings is 2. The van der Waals surface area contributed by atoms with E-state index in [4.69, 9.17) is 4.74 Å². The highest BCUT2D eigenvalue weighted by atomic mass is 16.5. The molecule has 1 atom stereocenters. The Morgan fingerprint density at radius 2 is 1.65 bits per heavy atom. The first-order chi connectivity index (χ1) is 8.34. The molecule has 0 unspecified atom stereocenters. The third-order valence-electron chi connectivity index (χ3n) is 3.02. The van der Waals surface area contributed by atoms with Gasteiger partial charge in [-0.15, -0.1) is 0 Å². The molecule has 0 saturated heterocycles. The number of carbonyl (C=O) groups excluding carboxylic acids is 1. The summed E-state index contributed by atoms with van der Waals surface area (Å²) in [6.45, 7) is 0. The molecule has 0 bridgehead atoms. The van der Waals surface area contributed by atoms with Crippen LogP contribution in [-0.4, -0.2) is 5.97 Å². The second-order valence-electron chi connectivity index (χ2n) is 4.16. The molecule has 2 nitrogen and oxygen atoms in total. The summed E-state index contributed by atoms with van der Waals surface area (Å²) in [4.78, 5) is 11.6. The lowest BCUT2D eigenvalue weighted by Gasteiger charge is -2.25. The van der Waals surface area contributed by atoms with Crippen LogP contribution in [0.3, 0.4) is 0 Å². The van der Waals surface area contributed by atoms with Crippen molar-refractivity contribution in [2.45, 2.75) is 12.5 Å². The van der Waals surface area contributed by atoms with Crippen LogP contribution in [0, 0.1) is 0 Å². The number of cyclic esters (lactones) is 1. The van der Waals surface area contributed by atoms with E-state index in [0.29, 0.717) is 6.42 Å². The summed E-state index contributed by atoms with van der Waals surface area (Å²) in [5.74, 6) is -0.155. The summed E-state index contributed by atoms with van der Waals surface area (Å²) in [5.41, 5.74) is 3.18. The van der Waals surface area contributed by atoms with Crippen LogP contribution in [-0.2, 0) is 16.0 Å². The first-order valence-electron chi connectivity index (χ1n) is 5.67. The van der Waals surface area contributed by atoms with Crippen molar-refractivity contribution in [2.24, 2.45) is 0 Å². The van der Waals surface area contributed by atoms with E-state index >= 15 is 0 Å². The zero-order valence-corrected chi connectivity index (χ0v) is 9.30. The molecule has 0 aromatic heterocycles. The van der Waals surface area contributed by atoms with Gasteiger partial charge in [0.25, 0.3) is 0 Å². The maximum atomic E-state index is 11.6. The summed E-state index contributed by atoms with van der Waals surface area (Å²) in [5, 5.41) is 0. The van der Waals surface area contributed by atoms with Gasteiger partial charge in [0.05, 0.1) is 6.42 Å². The van der Waals surface area contributed by atoms with Crippen LogP contribution in [0.25, 0.3) is 0 Å². The molecule has 1 aliphatic rings. The van der Waals surface area contributed by atoms with Crippen molar-refractivity contribution in [2.75, 3.05) is 0 Å². The minimum atomic E-state index is -0.256. The Labute approximate surface area is 99.9 Å². The monoisotopic (exact) mass is 224 g/mol. The van der Waals surface area contributed by atoms with Crippen LogP contribution in [0.1, 0.15) is 22.8 Å². The predicted molar refractivity (Wildman–Crippen MR) is 64.5 cm³/mol. The minimum Gasteiger partial charge on any atom is -0.452 e. The molecule has 1 heterocycles. The molecular formula is C15H12O2. The van der Waals surface area contributed by atoms with E-state index in [0.717, 1.165) is 16.7 Å². The van der Waals surface area contributed by atoms with Crippen LogP contribution in [0.15, 0.2) is 54.6 Å².